The van der Waals surface area contributed by atoms with Gasteiger partial charge in [0, 0.05) is 22.1 Å². The van der Waals surface area contributed by atoms with Crippen molar-refractivity contribution < 1.29 is 0 Å². The van der Waals surface area contributed by atoms with E-state index in [2.05, 4.69) is 226 Å². The van der Waals surface area contributed by atoms with Crippen LogP contribution in [-0.4, -0.2) is 15.0 Å². The molecule has 71 heavy (non-hydrogen) atoms. The average Bonchev–Trinajstić information content (AvgIpc) is 3.92. The Morgan fingerprint density at radius 3 is 1.27 bits per heavy atom. The van der Waals surface area contributed by atoms with E-state index in [1.807, 2.05) is 36.4 Å². The maximum absolute atomic E-state index is 5.39. The summed E-state index contributed by atoms with van der Waals surface area (Å²) in [4.78, 5) is 15.9. The summed E-state index contributed by atoms with van der Waals surface area (Å²) in [6.45, 7) is 4.76. The number of fused-ring (bicyclic) bond motifs is 12. The quantitative estimate of drug-likeness (QED) is 0.167. The minimum atomic E-state index is -0.616. The summed E-state index contributed by atoms with van der Waals surface area (Å²) in [7, 11) is 0. The fourth-order valence-electron chi connectivity index (χ4n) is 12.9. The second kappa shape index (κ2) is 15.6. The number of benzene rings is 10. The van der Waals surface area contributed by atoms with Crippen LogP contribution < -0.4 is 0 Å². The van der Waals surface area contributed by atoms with Crippen LogP contribution in [0.15, 0.2) is 249 Å². The van der Waals surface area contributed by atoms with E-state index in [0.717, 1.165) is 27.8 Å². The molecule has 0 N–H and O–H groups in total. The van der Waals surface area contributed by atoms with Gasteiger partial charge in [0.05, 0.1) is 10.8 Å². The highest BCUT2D eigenvalue weighted by atomic mass is 15.0. The number of hydrogen-bond donors (Lipinski definition) is 0. The third-order valence-electron chi connectivity index (χ3n) is 15.9. The van der Waals surface area contributed by atoms with E-state index in [-0.39, 0.29) is 5.41 Å². The van der Waals surface area contributed by atoms with Crippen molar-refractivity contribution in [2.75, 3.05) is 0 Å². The van der Waals surface area contributed by atoms with Crippen molar-refractivity contribution in [2.24, 2.45) is 0 Å². The highest BCUT2D eigenvalue weighted by Crippen LogP contribution is 2.64. The molecule has 0 unspecified atom stereocenters. The molecule has 0 aliphatic heterocycles. The number of hydrogen-bond acceptors (Lipinski definition) is 3. The minimum absolute atomic E-state index is 0.228. The van der Waals surface area contributed by atoms with E-state index in [1.54, 1.807) is 0 Å². The summed E-state index contributed by atoms with van der Waals surface area (Å²) in [6, 6.07) is 91.3. The molecule has 0 fully saturated rings. The number of rotatable bonds is 6. The summed E-state index contributed by atoms with van der Waals surface area (Å²) < 4.78 is 0. The molecule has 0 amide bonds. The van der Waals surface area contributed by atoms with Gasteiger partial charge in [0.15, 0.2) is 17.5 Å². The van der Waals surface area contributed by atoms with E-state index in [4.69, 9.17) is 15.0 Å². The summed E-state index contributed by atoms with van der Waals surface area (Å²) in [5.41, 5.74) is 21.6. The molecular formula is C68H47N3. The van der Waals surface area contributed by atoms with Gasteiger partial charge in [-0.1, -0.05) is 250 Å². The molecule has 11 aromatic rings. The van der Waals surface area contributed by atoms with Crippen molar-refractivity contribution in [1.82, 2.24) is 15.0 Å². The molecule has 0 saturated carbocycles. The topological polar surface area (TPSA) is 38.7 Å². The molecule has 0 saturated heterocycles. The fourth-order valence-corrected chi connectivity index (χ4v) is 12.9. The largest absolute Gasteiger partial charge is 0.208 e. The Morgan fingerprint density at radius 1 is 0.254 bits per heavy atom. The lowest BCUT2D eigenvalue weighted by Gasteiger charge is -2.46. The monoisotopic (exact) mass is 905 g/mol. The Hall–Kier alpha value is -8.79. The first-order valence-corrected chi connectivity index (χ1v) is 24.7. The van der Waals surface area contributed by atoms with Gasteiger partial charge in [-0.3, -0.25) is 0 Å². The van der Waals surface area contributed by atoms with Crippen LogP contribution >= 0.6 is 0 Å². The standard InChI is InChI=1S/C68H47N3/c1-66(2)56-33-17-19-35-58(56)68(59-36-20-18-34-57(59)66)55-41-39-46(47-38-40-51-50-30-15-16-32-54(50)67(61(51)43-47,48-26-11-5-12-27-48)49-28-13-6-14-29-49)42-53(55)62-52(31-21-37-60(62)68)65-70-63(44-22-7-3-8-23-44)69-64(71-65)45-24-9-4-10-25-45/h3-43H,1-2H3. The summed E-state index contributed by atoms with van der Waals surface area (Å²) >= 11 is 0. The zero-order chi connectivity index (χ0) is 47.3. The average molecular weight is 906 g/mol. The molecule has 0 bridgehead atoms. The lowest BCUT2D eigenvalue weighted by Crippen LogP contribution is -2.40. The van der Waals surface area contributed by atoms with Crippen LogP contribution in [-0.2, 0) is 16.2 Å². The Labute approximate surface area is 414 Å². The normalized spacial score (nSPS) is 14.7. The van der Waals surface area contributed by atoms with Gasteiger partial charge in [-0.25, -0.2) is 15.0 Å². The van der Waals surface area contributed by atoms with E-state index < -0.39 is 10.8 Å². The van der Waals surface area contributed by atoms with Crippen LogP contribution in [0.5, 0.6) is 0 Å². The van der Waals surface area contributed by atoms with Gasteiger partial charge < -0.3 is 0 Å². The number of aromatic nitrogens is 3. The molecule has 0 radical (unpaired) electrons. The molecule has 3 aliphatic carbocycles. The molecule has 10 aromatic carbocycles. The van der Waals surface area contributed by atoms with Crippen LogP contribution in [0.1, 0.15) is 69.5 Å². The van der Waals surface area contributed by atoms with E-state index >= 15 is 0 Å². The van der Waals surface area contributed by atoms with Gasteiger partial charge in [-0.05, 0) is 101 Å². The molecule has 3 heteroatoms. The first kappa shape index (κ1) is 41.2. The first-order valence-electron chi connectivity index (χ1n) is 24.7. The number of nitrogens with zero attached hydrogens (tertiary/aromatic N) is 3. The summed E-state index contributed by atoms with van der Waals surface area (Å²) in [5.74, 6) is 1.93. The molecular weight excluding hydrogens is 859 g/mol. The maximum Gasteiger partial charge on any atom is 0.164 e. The first-order chi connectivity index (χ1) is 35.0. The third-order valence-corrected chi connectivity index (χ3v) is 15.9. The van der Waals surface area contributed by atoms with Crippen molar-refractivity contribution in [2.45, 2.75) is 30.1 Å². The van der Waals surface area contributed by atoms with E-state index in [0.29, 0.717) is 17.5 Å². The lowest BCUT2D eigenvalue weighted by atomic mass is 9.55. The Morgan fingerprint density at radius 2 is 0.676 bits per heavy atom. The van der Waals surface area contributed by atoms with Crippen molar-refractivity contribution in [3.8, 4) is 67.5 Å². The molecule has 3 nitrogen and oxygen atoms in total. The van der Waals surface area contributed by atoms with Crippen LogP contribution in [0.4, 0.5) is 0 Å². The molecule has 334 valence electrons. The second-order valence-electron chi connectivity index (χ2n) is 19.8. The van der Waals surface area contributed by atoms with Crippen molar-refractivity contribution >= 4 is 0 Å². The molecule has 14 rings (SSSR count). The van der Waals surface area contributed by atoms with Gasteiger partial charge in [-0.15, -0.1) is 0 Å². The minimum Gasteiger partial charge on any atom is -0.208 e. The van der Waals surface area contributed by atoms with Crippen molar-refractivity contribution in [3.05, 3.63) is 304 Å². The Kier molecular flexibility index (Phi) is 9.06. The fraction of sp³-hybridized carbons (Fsp3) is 0.0735. The van der Waals surface area contributed by atoms with Crippen molar-refractivity contribution in [1.29, 1.82) is 0 Å². The van der Waals surface area contributed by atoms with Gasteiger partial charge >= 0.3 is 0 Å². The predicted molar refractivity (Wildman–Crippen MR) is 288 cm³/mol. The van der Waals surface area contributed by atoms with Crippen LogP contribution in [0, 0.1) is 0 Å². The smallest absolute Gasteiger partial charge is 0.164 e. The zero-order valence-electron chi connectivity index (χ0n) is 39.5. The van der Waals surface area contributed by atoms with Gasteiger partial charge in [0.2, 0.25) is 0 Å². The highest BCUT2D eigenvalue weighted by Gasteiger charge is 2.54. The van der Waals surface area contributed by atoms with Gasteiger partial charge in [-0.2, -0.15) is 0 Å². The zero-order valence-corrected chi connectivity index (χ0v) is 39.5. The molecule has 3 aliphatic rings. The van der Waals surface area contributed by atoms with Crippen LogP contribution in [0.25, 0.3) is 67.5 Å². The molecule has 1 spiro atoms. The summed E-state index contributed by atoms with van der Waals surface area (Å²) in [5, 5.41) is 0. The highest BCUT2D eigenvalue weighted by molar-refractivity contribution is 5.98. The Balaban J connectivity index is 1.06. The van der Waals surface area contributed by atoms with E-state index in [1.165, 1.54) is 77.9 Å². The predicted octanol–water partition coefficient (Wildman–Crippen LogP) is 15.9. The van der Waals surface area contributed by atoms with Crippen LogP contribution in [0.3, 0.4) is 0 Å². The van der Waals surface area contributed by atoms with Gasteiger partial charge in [0.25, 0.3) is 0 Å². The van der Waals surface area contributed by atoms with E-state index in [9.17, 15) is 0 Å². The van der Waals surface area contributed by atoms with Gasteiger partial charge in [0.1, 0.15) is 0 Å². The molecule has 0 atom stereocenters. The molecule has 1 heterocycles. The van der Waals surface area contributed by atoms with Crippen LogP contribution in [0.2, 0.25) is 0 Å². The SMILES string of the molecule is CC1(C)c2ccccc2C2(c3ccc(-c4ccc5c(c4)C(c4ccccc4)(c4ccccc4)c4ccccc4-5)cc3-c3c(-c4nc(-c5ccccc5)nc(-c5ccccc5)n4)cccc32)c2ccccc21. The van der Waals surface area contributed by atoms with Crippen molar-refractivity contribution in [3.63, 3.8) is 0 Å². The maximum atomic E-state index is 5.39. The summed E-state index contributed by atoms with van der Waals surface area (Å²) in [6.07, 6.45) is 0. The lowest BCUT2D eigenvalue weighted by molar-refractivity contribution is 0.563. The molecule has 1 aromatic heterocycles. The second-order valence-corrected chi connectivity index (χ2v) is 19.8. The Bertz CT molecular complexity index is 3750. The third kappa shape index (κ3) is 5.81.